The van der Waals surface area contributed by atoms with Gasteiger partial charge in [-0.05, 0) is 70.6 Å². The smallest absolute Gasteiger partial charge is 0.120 e. The van der Waals surface area contributed by atoms with Crippen LogP contribution < -0.4 is 0 Å². The van der Waals surface area contributed by atoms with Gasteiger partial charge < -0.3 is 10.0 Å². The molecule has 0 rings (SSSR count). The van der Waals surface area contributed by atoms with Crippen LogP contribution in [0.15, 0.2) is 28.5 Å². The molecule has 0 aliphatic rings. The SMILES string of the molecule is CC(C)=CCCC(C)(C)C/C=N\O.CC(C)=CCCC(C)(C)CC=O. The van der Waals surface area contributed by atoms with Crippen LogP contribution >= 0.6 is 0 Å². The van der Waals surface area contributed by atoms with Crippen molar-refractivity contribution in [1.29, 1.82) is 0 Å². The van der Waals surface area contributed by atoms with Crippen LogP contribution in [0.2, 0.25) is 0 Å². The quantitative estimate of drug-likeness (QED) is 0.152. The van der Waals surface area contributed by atoms with Crippen molar-refractivity contribution in [2.75, 3.05) is 0 Å². The van der Waals surface area contributed by atoms with Crippen LogP contribution in [-0.4, -0.2) is 17.7 Å². The van der Waals surface area contributed by atoms with Gasteiger partial charge in [-0.15, -0.1) is 5.16 Å². The maximum atomic E-state index is 10.3. The van der Waals surface area contributed by atoms with E-state index in [0.29, 0.717) is 6.42 Å². The Labute approximate surface area is 156 Å². The molecule has 0 fully saturated rings. The average Bonchev–Trinajstić information content (AvgIpc) is 2.44. The first-order chi connectivity index (χ1) is 11.5. The fourth-order valence-corrected chi connectivity index (χ4v) is 2.22. The molecule has 0 saturated carbocycles. The third-order valence-corrected chi connectivity index (χ3v) is 4.11. The van der Waals surface area contributed by atoms with Gasteiger partial charge in [-0.3, -0.25) is 0 Å². The lowest BCUT2D eigenvalue weighted by Gasteiger charge is -2.21. The second kappa shape index (κ2) is 13.9. The Hall–Kier alpha value is -1.38. The summed E-state index contributed by atoms with van der Waals surface area (Å²) < 4.78 is 0. The largest absolute Gasteiger partial charge is 0.411 e. The highest BCUT2D eigenvalue weighted by atomic mass is 16.4. The van der Waals surface area contributed by atoms with Crippen LogP contribution in [0.1, 0.15) is 93.9 Å². The van der Waals surface area contributed by atoms with E-state index in [2.05, 4.69) is 72.7 Å². The molecule has 0 aromatic carbocycles. The molecular formula is C22H41NO2. The number of carbonyl (C=O) groups excluding carboxylic acids is 1. The van der Waals surface area contributed by atoms with Crippen molar-refractivity contribution in [3.8, 4) is 0 Å². The third-order valence-electron chi connectivity index (χ3n) is 4.11. The Morgan fingerprint density at radius 2 is 1.24 bits per heavy atom. The fraction of sp³-hybridized carbons (Fsp3) is 0.727. The Morgan fingerprint density at radius 3 is 1.56 bits per heavy atom. The van der Waals surface area contributed by atoms with Gasteiger partial charge in [-0.25, -0.2) is 0 Å². The van der Waals surface area contributed by atoms with Crippen molar-refractivity contribution in [2.24, 2.45) is 16.0 Å². The van der Waals surface area contributed by atoms with E-state index in [4.69, 9.17) is 5.21 Å². The number of allylic oxidation sites excluding steroid dienone is 4. The Morgan fingerprint density at radius 1 is 0.840 bits per heavy atom. The first-order valence-electron chi connectivity index (χ1n) is 9.32. The number of hydrogen-bond acceptors (Lipinski definition) is 3. The summed E-state index contributed by atoms with van der Waals surface area (Å²) in [5.74, 6) is 0. The van der Waals surface area contributed by atoms with Gasteiger partial charge in [-0.2, -0.15) is 0 Å². The van der Waals surface area contributed by atoms with Crippen LogP contribution in [0.3, 0.4) is 0 Å². The molecule has 0 heterocycles. The van der Waals surface area contributed by atoms with Crippen LogP contribution in [0.25, 0.3) is 0 Å². The van der Waals surface area contributed by atoms with E-state index in [1.54, 1.807) is 6.21 Å². The van der Waals surface area contributed by atoms with E-state index in [0.717, 1.165) is 38.4 Å². The lowest BCUT2D eigenvalue weighted by molar-refractivity contribution is -0.109. The van der Waals surface area contributed by atoms with Gasteiger partial charge in [0, 0.05) is 12.6 Å². The van der Waals surface area contributed by atoms with Crippen LogP contribution in [0, 0.1) is 10.8 Å². The van der Waals surface area contributed by atoms with Gasteiger partial charge in [0.25, 0.3) is 0 Å². The van der Waals surface area contributed by atoms with E-state index in [1.807, 2.05) is 0 Å². The minimum atomic E-state index is 0.174. The molecule has 0 bridgehead atoms. The van der Waals surface area contributed by atoms with E-state index in [9.17, 15) is 4.79 Å². The number of oxime groups is 1. The molecule has 0 spiro atoms. The predicted octanol–water partition coefficient (Wildman–Crippen LogP) is 6.96. The van der Waals surface area contributed by atoms with Crippen LogP contribution in [0.5, 0.6) is 0 Å². The van der Waals surface area contributed by atoms with Crippen molar-refractivity contribution in [3.05, 3.63) is 23.3 Å². The zero-order valence-electron chi connectivity index (χ0n) is 17.9. The van der Waals surface area contributed by atoms with Gasteiger partial charge in [0.1, 0.15) is 6.29 Å². The monoisotopic (exact) mass is 351 g/mol. The van der Waals surface area contributed by atoms with E-state index in [1.165, 1.54) is 11.1 Å². The number of nitrogens with zero attached hydrogens (tertiary/aromatic N) is 1. The summed E-state index contributed by atoms with van der Waals surface area (Å²) in [4.78, 5) is 10.3. The molecule has 0 amide bonds. The fourth-order valence-electron chi connectivity index (χ4n) is 2.22. The standard InChI is InChI=1S/C11H21NO.C11H20O/c1-10(2)6-5-7-11(3,4)8-9-12-13;1-10(2)6-5-7-11(3,4)8-9-12/h6,9,13H,5,7-8H2,1-4H3;6,9H,5,7-8H2,1-4H3/b12-9-;. The molecule has 1 N–H and O–H groups in total. The zero-order valence-corrected chi connectivity index (χ0v) is 17.9. The second-order valence-corrected chi connectivity index (χ2v) is 8.84. The van der Waals surface area contributed by atoms with Crippen molar-refractivity contribution < 1.29 is 10.0 Å². The first-order valence-corrected chi connectivity index (χ1v) is 9.32. The van der Waals surface area contributed by atoms with Gasteiger partial charge in [0.05, 0.1) is 0 Å². The van der Waals surface area contributed by atoms with Crippen molar-refractivity contribution in [1.82, 2.24) is 0 Å². The maximum absolute atomic E-state index is 10.3. The summed E-state index contributed by atoms with van der Waals surface area (Å²) in [6, 6.07) is 0. The topological polar surface area (TPSA) is 49.7 Å². The lowest BCUT2D eigenvalue weighted by Crippen LogP contribution is -2.11. The lowest BCUT2D eigenvalue weighted by atomic mass is 9.85. The molecule has 3 nitrogen and oxygen atoms in total. The third kappa shape index (κ3) is 20.6. The van der Waals surface area contributed by atoms with Gasteiger partial charge >= 0.3 is 0 Å². The number of rotatable bonds is 10. The van der Waals surface area contributed by atoms with Crippen LogP contribution in [0.4, 0.5) is 0 Å². The Bertz CT molecular complexity index is 435. The first kappa shape index (κ1) is 25.9. The van der Waals surface area contributed by atoms with Crippen molar-refractivity contribution in [2.45, 2.75) is 93.9 Å². The highest BCUT2D eigenvalue weighted by Gasteiger charge is 2.15. The second-order valence-electron chi connectivity index (χ2n) is 8.84. The Balaban J connectivity index is 0. The Kier molecular flexibility index (Phi) is 14.3. The normalized spacial score (nSPS) is 11.5. The number of aldehydes is 1. The molecule has 0 unspecified atom stereocenters. The highest BCUT2D eigenvalue weighted by molar-refractivity contribution is 5.57. The van der Waals surface area contributed by atoms with Crippen molar-refractivity contribution in [3.63, 3.8) is 0 Å². The van der Waals surface area contributed by atoms with E-state index >= 15 is 0 Å². The number of hydrogen-bond donors (Lipinski definition) is 1. The molecule has 0 radical (unpaired) electrons. The summed E-state index contributed by atoms with van der Waals surface area (Å²) in [5, 5.41) is 11.3. The predicted molar refractivity (Wildman–Crippen MR) is 110 cm³/mol. The molecule has 146 valence electrons. The zero-order chi connectivity index (χ0) is 19.9. The molecule has 0 aliphatic carbocycles. The molecule has 0 aliphatic heterocycles. The average molecular weight is 352 g/mol. The molecular weight excluding hydrogens is 310 g/mol. The molecule has 0 saturated heterocycles. The van der Waals surface area contributed by atoms with E-state index in [-0.39, 0.29) is 10.8 Å². The molecule has 0 atom stereocenters. The molecule has 3 heteroatoms. The molecule has 0 aromatic rings. The highest BCUT2D eigenvalue weighted by Crippen LogP contribution is 2.26. The maximum Gasteiger partial charge on any atom is 0.120 e. The van der Waals surface area contributed by atoms with Gasteiger partial charge in [0.2, 0.25) is 0 Å². The summed E-state index contributed by atoms with van der Waals surface area (Å²) in [7, 11) is 0. The molecule has 0 aromatic heterocycles. The van der Waals surface area contributed by atoms with Gasteiger partial charge in [-0.1, -0.05) is 51.0 Å². The van der Waals surface area contributed by atoms with Crippen LogP contribution in [-0.2, 0) is 4.79 Å². The molecule has 25 heavy (non-hydrogen) atoms. The van der Waals surface area contributed by atoms with Crippen molar-refractivity contribution >= 4 is 12.5 Å². The summed E-state index contributed by atoms with van der Waals surface area (Å²) >= 11 is 0. The minimum Gasteiger partial charge on any atom is -0.411 e. The van der Waals surface area contributed by atoms with Gasteiger partial charge in [0.15, 0.2) is 0 Å². The summed E-state index contributed by atoms with van der Waals surface area (Å²) in [5.41, 5.74) is 3.13. The minimum absolute atomic E-state index is 0.174. The summed E-state index contributed by atoms with van der Waals surface area (Å²) in [6.07, 6.45) is 13.0. The number of carbonyl (C=O) groups is 1. The van der Waals surface area contributed by atoms with E-state index < -0.39 is 0 Å². The summed E-state index contributed by atoms with van der Waals surface area (Å²) in [6.45, 7) is 17.1.